The number of rotatable bonds is 7. The number of aromatic nitrogens is 1. The Hall–Kier alpha value is -1.92. The van der Waals surface area contributed by atoms with Gasteiger partial charge in [0.15, 0.2) is 0 Å². The molecule has 6 heteroatoms. The van der Waals surface area contributed by atoms with E-state index in [4.69, 9.17) is 9.47 Å². The van der Waals surface area contributed by atoms with Crippen LogP contribution in [-0.2, 0) is 4.74 Å². The lowest BCUT2D eigenvalue weighted by molar-refractivity contribution is 0.0896. The van der Waals surface area contributed by atoms with E-state index in [1.54, 1.807) is 12.5 Å². The van der Waals surface area contributed by atoms with Gasteiger partial charge in [0.25, 0.3) is 5.91 Å². The van der Waals surface area contributed by atoms with Crippen LogP contribution in [0.25, 0.3) is 0 Å². The number of methoxy groups -OCH3 is 1. The summed E-state index contributed by atoms with van der Waals surface area (Å²) in [6.07, 6.45) is 0. The standard InChI is InChI=1S/C16H20N2O3S/c1-4-21-13-7-5-12(6-8-13)15(9-20-3)17-16(19)14-10-22-18-11(14)2/h5-8,10,15H,4,9H2,1-3H3,(H,17,19). The number of ether oxygens (including phenoxy) is 2. The fourth-order valence-electron chi connectivity index (χ4n) is 2.10. The van der Waals surface area contributed by atoms with Gasteiger partial charge in [-0.2, -0.15) is 4.37 Å². The van der Waals surface area contributed by atoms with Crippen LogP contribution in [0.3, 0.4) is 0 Å². The molecule has 1 N–H and O–H groups in total. The predicted molar refractivity (Wildman–Crippen MR) is 86.5 cm³/mol. The molecule has 1 aromatic carbocycles. The van der Waals surface area contributed by atoms with Crippen molar-refractivity contribution in [3.05, 3.63) is 46.5 Å². The third kappa shape index (κ3) is 4.05. The molecule has 0 aliphatic carbocycles. The van der Waals surface area contributed by atoms with Crippen LogP contribution < -0.4 is 10.1 Å². The molecular formula is C16H20N2O3S. The van der Waals surface area contributed by atoms with Gasteiger partial charge in [-0.1, -0.05) is 12.1 Å². The van der Waals surface area contributed by atoms with E-state index in [0.29, 0.717) is 18.8 Å². The maximum absolute atomic E-state index is 12.3. The van der Waals surface area contributed by atoms with Gasteiger partial charge in [-0.3, -0.25) is 4.79 Å². The topological polar surface area (TPSA) is 60.5 Å². The van der Waals surface area contributed by atoms with Gasteiger partial charge >= 0.3 is 0 Å². The maximum atomic E-state index is 12.3. The van der Waals surface area contributed by atoms with E-state index in [1.807, 2.05) is 38.1 Å². The minimum Gasteiger partial charge on any atom is -0.494 e. The van der Waals surface area contributed by atoms with Gasteiger partial charge in [-0.25, -0.2) is 0 Å². The molecule has 0 fully saturated rings. The number of benzene rings is 1. The van der Waals surface area contributed by atoms with Crippen molar-refractivity contribution in [3.8, 4) is 5.75 Å². The zero-order chi connectivity index (χ0) is 15.9. The predicted octanol–water partition coefficient (Wildman–Crippen LogP) is 2.97. The zero-order valence-electron chi connectivity index (χ0n) is 13.0. The van der Waals surface area contributed by atoms with Crippen molar-refractivity contribution in [2.45, 2.75) is 19.9 Å². The average molecular weight is 320 g/mol. The first-order chi connectivity index (χ1) is 10.7. The zero-order valence-corrected chi connectivity index (χ0v) is 13.8. The highest BCUT2D eigenvalue weighted by Crippen LogP contribution is 2.19. The molecule has 1 aromatic heterocycles. The molecule has 1 unspecified atom stereocenters. The van der Waals surface area contributed by atoms with Crippen LogP contribution in [0.2, 0.25) is 0 Å². The summed E-state index contributed by atoms with van der Waals surface area (Å²) in [5.74, 6) is 0.675. The highest BCUT2D eigenvalue weighted by Gasteiger charge is 2.18. The van der Waals surface area contributed by atoms with Crippen molar-refractivity contribution >= 4 is 17.4 Å². The Morgan fingerprint density at radius 1 is 1.36 bits per heavy atom. The van der Waals surface area contributed by atoms with Crippen LogP contribution in [0, 0.1) is 6.92 Å². The smallest absolute Gasteiger partial charge is 0.254 e. The van der Waals surface area contributed by atoms with Crippen LogP contribution in [0.4, 0.5) is 0 Å². The Morgan fingerprint density at radius 3 is 2.64 bits per heavy atom. The maximum Gasteiger partial charge on any atom is 0.254 e. The second-order valence-corrected chi connectivity index (χ2v) is 5.43. The van der Waals surface area contributed by atoms with Gasteiger partial charge in [-0.15, -0.1) is 0 Å². The summed E-state index contributed by atoms with van der Waals surface area (Å²) in [6, 6.07) is 7.45. The summed E-state index contributed by atoms with van der Waals surface area (Å²) in [6.45, 7) is 4.80. The fraction of sp³-hybridized carbons (Fsp3) is 0.375. The van der Waals surface area contributed by atoms with Crippen molar-refractivity contribution in [2.24, 2.45) is 0 Å². The quantitative estimate of drug-likeness (QED) is 0.852. The van der Waals surface area contributed by atoms with Crippen LogP contribution >= 0.6 is 11.5 Å². The molecule has 0 saturated carbocycles. The van der Waals surface area contributed by atoms with Gasteiger partial charge in [0.2, 0.25) is 0 Å². The normalized spacial score (nSPS) is 12.0. The Labute approximate surface area is 134 Å². The number of nitrogens with one attached hydrogen (secondary N) is 1. The third-order valence-corrected chi connectivity index (χ3v) is 3.95. The molecule has 1 heterocycles. The minimum atomic E-state index is -0.215. The van der Waals surface area contributed by atoms with Gasteiger partial charge < -0.3 is 14.8 Å². The molecule has 22 heavy (non-hydrogen) atoms. The van der Waals surface area contributed by atoms with Gasteiger partial charge in [0.1, 0.15) is 5.75 Å². The fourth-order valence-corrected chi connectivity index (χ4v) is 2.79. The van der Waals surface area contributed by atoms with Crippen LogP contribution in [-0.4, -0.2) is 30.6 Å². The van der Waals surface area contributed by atoms with Gasteiger partial charge in [0.05, 0.1) is 30.5 Å². The van der Waals surface area contributed by atoms with E-state index in [9.17, 15) is 4.79 Å². The first-order valence-electron chi connectivity index (χ1n) is 7.09. The summed E-state index contributed by atoms with van der Waals surface area (Å²) in [5.41, 5.74) is 2.32. The number of hydrogen-bond donors (Lipinski definition) is 1. The van der Waals surface area contributed by atoms with Crippen molar-refractivity contribution in [3.63, 3.8) is 0 Å². The lowest BCUT2D eigenvalue weighted by atomic mass is 10.1. The van der Waals surface area contributed by atoms with Crippen molar-refractivity contribution in [2.75, 3.05) is 20.3 Å². The van der Waals surface area contributed by atoms with E-state index in [2.05, 4.69) is 9.69 Å². The highest BCUT2D eigenvalue weighted by molar-refractivity contribution is 7.03. The van der Waals surface area contributed by atoms with Gasteiger partial charge in [0, 0.05) is 12.5 Å². The first kappa shape index (κ1) is 16.5. The first-order valence-corrected chi connectivity index (χ1v) is 7.93. The molecule has 1 amide bonds. The minimum absolute atomic E-state index is 0.137. The summed E-state index contributed by atoms with van der Waals surface area (Å²) in [7, 11) is 1.62. The molecule has 0 radical (unpaired) electrons. The molecule has 0 aliphatic heterocycles. The molecule has 0 spiro atoms. The summed E-state index contributed by atoms with van der Waals surface area (Å²) < 4.78 is 14.8. The number of aryl methyl sites for hydroxylation is 1. The van der Waals surface area contributed by atoms with Crippen molar-refractivity contribution in [1.29, 1.82) is 0 Å². The van der Waals surface area contributed by atoms with Gasteiger partial charge in [-0.05, 0) is 43.1 Å². The third-order valence-electron chi connectivity index (χ3n) is 3.23. The largest absolute Gasteiger partial charge is 0.494 e. The number of carbonyl (C=O) groups is 1. The van der Waals surface area contributed by atoms with Crippen LogP contribution in [0.1, 0.15) is 34.6 Å². The monoisotopic (exact) mass is 320 g/mol. The molecule has 5 nitrogen and oxygen atoms in total. The molecule has 118 valence electrons. The van der Waals surface area contributed by atoms with E-state index in [0.717, 1.165) is 17.0 Å². The lowest BCUT2D eigenvalue weighted by Gasteiger charge is -2.18. The Bertz CT molecular complexity index is 610. The average Bonchev–Trinajstić information content (AvgIpc) is 2.94. The Morgan fingerprint density at radius 2 is 2.09 bits per heavy atom. The number of carbonyl (C=O) groups excluding carboxylic acids is 1. The summed E-state index contributed by atoms with van der Waals surface area (Å²) >= 11 is 1.28. The Balaban J connectivity index is 2.12. The second-order valence-electron chi connectivity index (χ2n) is 4.80. The molecule has 0 bridgehead atoms. The van der Waals surface area contributed by atoms with E-state index >= 15 is 0 Å². The number of hydrogen-bond acceptors (Lipinski definition) is 5. The molecule has 1 atom stereocenters. The van der Waals surface area contributed by atoms with Crippen LogP contribution in [0.15, 0.2) is 29.6 Å². The second kappa shape index (κ2) is 7.91. The Kier molecular flexibility index (Phi) is 5.91. The van der Waals surface area contributed by atoms with E-state index < -0.39 is 0 Å². The molecule has 2 aromatic rings. The summed E-state index contributed by atoms with van der Waals surface area (Å²) in [4.78, 5) is 12.3. The number of amides is 1. The molecule has 0 aliphatic rings. The SMILES string of the molecule is CCOc1ccc(C(COC)NC(=O)c2csnc2C)cc1. The van der Waals surface area contributed by atoms with Crippen LogP contribution in [0.5, 0.6) is 5.75 Å². The summed E-state index contributed by atoms with van der Waals surface area (Å²) in [5, 5.41) is 4.75. The van der Waals surface area contributed by atoms with E-state index in [1.165, 1.54) is 11.5 Å². The van der Waals surface area contributed by atoms with Crippen molar-refractivity contribution < 1.29 is 14.3 Å². The van der Waals surface area contributed by atoms with Crippen molar-refractivity contribution in [1.82, 2.24) is 9.69 Å². The lowest BCUT2D eigenvalue weighted by Crippen LogP contribution is -2.31. The highest BCUT2D eigenvalue weighted by atomic mass is 32.1. The number of nitrogens with zero attached hydrogens (tertiary/aromatic N) is 1. The molecule has 2 rings (SSSR count). The van der Waals surface area contributed by atoms with E-state index in [-0.39, 0.29) is 11.9 Å². The molecule has 0 saturated heterocycles. The molecular weight excluding hydrogens is 300 g/mol.